The van der Waals surface area contributed by atoms with Crippen molar-refractivity contribution in [1.82, 2.24) is 4.98 Å². The van der Waals surface area contributed by atoms with Crippen LogP contribution in [-0.4, -0.2) is 16.5 Å². The fourth-order valence-corrected chi connectivity index (χ4v) is 2.54. The molecule has 1 fully saturated rings. The molecule has 1 aromatic heterocycles. The number of nitrogens with one attached hydrogen (secondary N) is 1. The zero-order valence-corrected chi connectivity index (χ0v) is 10.7. The van der Waals surface area contributed by atoms with Crippen LogP contribution >= 0.6 is 0 Å². The molecule has 0 aromatic carbocycles. The van der Waals surface area contributed by atoms with Gasteiger partial charge in [0, 0.05) is 12.1 Å². The van der Waals surface area contributed by atoms with E-state index in [-0.39, 0.29) is 5.69 Å². The molecule has 2 rings (SSSR count). The Hall–Kier alpha value is -1.65. The normalized spacial score (nSPS) is 15.8. The first-order valence-electron chi connectivity index (χ1n) is 6.51. The average molecular weight is 249 g/mol. The van der Waals surface area contributed by atoms with Crippen LogP contribution in [0.2, 0.25) is 0 Å². The third kappa shape index (κ3) is 3.18. The van der Waals surface area contributed by atoms with Gasteiger partial charge in [0.05, 0.1) is 4.92 Å². The molecule has 0 bridgehead atoms. The van der Waals surface area contributed by atoms with E-state index in [1.165, 1.54) is 31.9 Å². The van der Waals surface area contributed by atoms with Crippen molar-refractivity contribution in [2.24, 2.45) is 5.92 Å². The van der Waals surface area contributed by atoms with E-state index in [4.69, 9.17) is 0 Å². The molecule has 0 unspecified atom stereocenters. The lowest BCUT2D eigenvalue weighted by Crippen LogP contribution is -2.08. The quantitative estimate of drug-likeness (QED) is 0.642. The van der Waals surface area contributed by atoms with Crippen molar-refractivity contribution in [3.05, 3.63) is 27.9 Å². The highest BCUT2D eigenvalue weighted by Crippen LogP contribution is 2.27. The van der Waals surface area contributed by atoms with Crippen molar-refractivity contribution in [3.8, 4) is 0 Å². The molecule has 1 aliphatic carbocycles. The highest BCUT2D eigenvalue weighted by atomic mass is 16.6. The summed E-state index contributed by atoms with van der Waals surface area (Å²) in [4.78, 5) is 14.3. The minimum Gasteiger partial charge on any atom is -0.370 e. The van der Waals surface area contributed by atoms with E-state index in [0.717, 1.165) is 24.7 Å². The third-order valence-corrected chi connectivity index (χ3v) is 3.61. The summed E-state index contributed by atoms with van der Waals surface area (Å²) in [5.41, 5.74) is 0.731. The van der Waals surface area contributed by atoms with Gasteiger partial charge in [-0.15, -0.1) is 0 Å². The molecule has 0 amide bonds. The molecule has 0 atom stereocenters. The fourth-order valence-electron chi connectivity index (χ4n) is 2.54. The van der Waals surface area contributed by atoms with Gasteiger partial charge in [-0.3, -0.25) is 10.1 Å². The molecular weight excluding hydrogens is 230 g/mol. The van der Waals surface area contributed by atoms with E-state index in [1.54, 1.807) is 13.0 Å². The first kappa shape index (κ1) is 12.8. The second kappa shape index (κ2) is 5.80. The first-order valence-corrected chi connectivity index (χ1v) is 6.51. The third-order valence-electron chi connectivity index (χ3n) is 3.61. The standard InChI is InChI=1S/C13H19N3O2/c1-10-8-13(15-9-12(10)16(17)18)14-7-6-11-4-2-3-5-11/h8-9,11H,2-7H2,1H3,(H,14,15). The van der Waals surface area contributed by atoms with Gasteiger partial charge >= 0.3 is 0 Å². The van der Waals surface area contributed by atoms with E-state index in [9.17, 15) is 10.1 Å². The van der Waals surface area contributed by atoms with Crippen LogP contribution in [0.15, 0.2) is 12.3 Å². The van der Waals surface area contributed by atoms with Crippen LogP contribution in [0.1, 0.15) is 37.7 Å². The van der Waals surface area contributed by atoms with Crippen molar-refractivity contribution < 1.29 is 4.92 Å². The number of aromatic nitrogens is 1. The number of hydrogen-bond donors (Lipinski definition) is 1. The van der Waals surface area contributed by atoms with E-state index in [1.807, 2.05) is 0 Å². The lowest BCUT2D eigenvalue weighted by molar-refractivity contribution is -0.385. The van der Waals surface area contributed by atoms with Crippen LogP contribution < -0.4 is 5.32 Å². The van der Waals surface area contributed by atoms with Crippen molar-refractivity contribution >= 4 is 11.5 Å². The van der Waals surface area contributed by atoms with Gasteiger partial charge in [-0.1, -0.05) is 25.7 Å². The number of nitrogens with zero attached hydrogens (tertiary/aromatic N) is 2. The summed E-state index contributed by atoms with van der Waals surface area (Å²) < 4.78 is 0. The number of aryl methyl sites for hydroxylation is 1. The maximum absolute atomic E-state index is 10.7. The van der Waals surface area contributed by atoms with Gasteiger partial charge < -0.3 is 5.32 Å². The summed E-state index contributed by atoms with van der Waals surface area (Å²) in [7, 11) is 0. The second-order valence-electron chi connectivity index (χ2n) is 4.98. The van der Waals surface area contributed by atoms with Crippen LogP contribution in [0.25, 0.3) is 0 Å². The van der Waals surface area contributed by atoms with Crippen molar-refractivity contribution in [3.63, 3.8) is 0 Å². The van der Waals surface area contributed by atoms with Crippen molar-refractivity contribution in [2.75, 3.05) is 11.9 Å². The van der Waals surface area contributed by atoms with E-state index >= 15 is 0 Å². The Morgan fingerprint density at radius 1 is 1.50 bits per heavy atom. The average Bonchev–Trinajstić information content (AvgIpc) is 2.81. The SMILES string of the molecule is Cc1cc(NCCC2CCCC2)ncc1[N+](=O)[O-]. The monoisotopic (exact) mass is 249 g/mol. The van der Waals surface area contributed by atoms with E-state index < -0.39 is 4.92 Å². The van der Waals surface area contributed by atoms with Gasteiger partial charge in [0.25, 0.3) is 5.69 Å². The first-order chi connectivity index (χ1) is 8.66. The number of hydrogen-bond acceptors (Lipinski definition) is 4. The molecule has 0 spiro atoms. The van der Waals surface area contributed by atoms with Gasteiger partial charge in [0.15, 0.2) is 0 Å². The lowest BCUT2D eigenvalue weighted by Gasteiger charge is -2.10. The molecule has 1 N–H and O–H groups in total. The number of anilines is 1. The second-order valence-corrected chi connectivity index (χ2v) is 4.98. The number of rotatable bonds is 5. The summed E-state index contributed by atoms with van der Waals surface area (Å²) >= 11 is 0. The Balaban J connectivity index is 1.85. The highest BCUT2D eigenvalue weighted by Gasteiger charge is 2.15. The molecule has 1 aromatic rings. The maximum Gasteiger partial charge on any atom is 0.290 e. The van der Waals surface area contributed by atoms with Crippen LogP contribution in [0.5, 0.6) is 0 Å². The molecular formula is C13H19N3O2. The van der Waals surface area contributed by atoms with Gasteiger partial charge in [0.1, 0.15) is 12.0 Å². The lowest BCUT2D eigenvalue weighted by atomic mass is 10.0. The van der Waals surface area contributed by atoms with E-state index in [2.05, 4.69) is 10.3 Å². The Labute approximate surface area is 107 Å². The molecule has 0 radical (unpaired) electrons. The number of nitro groups is 1. The molecule has 1 heterocycles. The molecule has 18 heavy (non-hydrogen) atoms. The Bertz CT molecular complexity index is 428. The summed E-state index contributed by atoms with van der Waals surface area (Å²) in [6, 6.07) is 1.74. The van der Waals surface area contributed by atoms with Crippen LogP contribution in [-0.2, 0) is 0 Å². The molecule has 5 heteroatoms. The molecule has 1 aliphatic rings. The Morgan fingerprint density at radius 2 is 2.22 bits per heavy atom. The van der Waals surface area contributed by atoms with Gasteiger partial charge in [-0.25, -0.2) is 4.98 Å². The maximum atomic E-state index is 10.7. The summed E-state index contributed by atoms with van der Waals surface area (Å²) in [5, 5.41) is 13.9. The van der Waals surface area contributed by atoms with Gasteiger partial charge in [0.2, 0.25) is 0 Å². The molecule has 0 saturated heterocycles. The van der Waals surface area contributed by atoms with E-state index in [0.29, 0.717) is 5.56 Å². The number of pyridine rings is 1. The zero-order valence-electron chi connectivity index (χ0n) is 10.7. The predicted octanol–water partition coefficient (Wildman–Crippen LogP) is 3.29. The summed E-state index contributed by atoms with van der Waals surface area (Å²) in [6.45, 7) is 2.64. The van der Waals surface area contributed by atoms with Crippen molar-refractivity contribution in [2.45, 2.75) is 39.0 Å². The van der Waals surface area contributed by atoms with Crippen LogP contribution in [0, 0.1) is 23.0 Å². The molecule has 1 saturated carbocycles. The summed E-state index contributed by atoms with van der Waals surface area (Å²) in [5.74, 6) is 1.58. The topological polar surface area (TPSA) is 68.1 Å². The predicted molar refractivity (Wildman–Crippen MR) is 70.7 cm³/mol. The fraction of sp³-hybridized carbons (Fsp3) is 0.615. The molecule has 98 valence electrons. The zero-order chi connectivity index (χ0) is 13.0. The largest absolute Gasteiger partial charge is 0.370 e. The van der Waals surface area contributed by atoms with Gasteiger partial charge in [-0.2, -0.15) is 0 Å². The summed E-state index contributed by atoms with van der Waals surface area (Å²) in [6.07, 6.45) is 7.90. The minimum absolute atomic E-state index is 0.0799. The highest BCUT2D eigenvalue weighted by molar-refractivity contribution is 5.46. The smallest absolute Gasteiger partial charge is 0.290 e. The van der Waals surface area contributed by atoms with Crippen LogP contribution in [0.3, 0.4) is 0 Å². The Morgan fingerprint density at radius 3 is 2.83 bits per heavy atom. The van der Waals surface area contributed by atoms with Crippen LogP contribution in [0.4, 0.5) is 11.5 Å². The molecule has 0 aliphatic heterocycles. The Kier molecular flexibility index (Phi) is 4.12. The van der Waals surface area contributed by atoms with Crippen molar-refractivity contribution in [1.29, 1.82) is 0 Å². The minimum atomic E-state index is -0.398. The van der Waals surface area contributed by atoms with Gasteiger partial charge in [-0.05, 0) is 25.3 Å². The molecule has 5 nitrogen and oxygen atoms in total.